The molecule has 1 N–H and O–H groups in total. The maximum absolute atomic E-state index is 8.91. The van der Waals surface area contributed by atoms with Crippen molar-refractivity contribution in [2.45, 2.75) is 50.8 Å². The molecule has 96 valence electrons. The highest BCUT2D eigenvalue weighted by molar-refractivity contribution is 4.92. The van der Waals surface area contributed by atoms with E-state index in [0.717, 1.165) is 19.6 Å². The normalized spacial score (nSPS) is 35.4. The number of morpholine rings is 1. The number of nitriles is 1. The third-order valence-corrected chi connectivity index (χ3v) is 3.95. The van der Waals surface area contributed by atoms with E-state index in [1.165, 1.54) is 25.7 Å². The predicted octanol–water partition coefficient (Wildman–Crippen LogP) is 1.13. The van der Waals surface area contributed by atoms with E-state index in [-0.39, 0.29) is 6.10 Å². The fourth-order valence-corrected chi connectivity index (χ4v) is 3.01. The standard InChI is InChI=1S/C13H23N3O/c1-2-15-11-3-5-12(6-4-11)16-7-8-17-13(9-14)10-16/h11-13,15H,2-8,10H2,1H3. The summed E-state index contributed by atoms with van der Waals surface area (Å²) in [6.07, 6.45) is 4.85. The number of nitrogens with zero attached hydrogens (tertiary/aromatic N) is 2. The van der Waals surface area contributed by atoms with Gasteiger partial charge in [-0.05, 0) is 32.2 Å². The van der Waals surface area contributed by atoms with E-state index < -0.39 is 0 Å². The molecule has 2 rings (SSSR count). The zero-order valence-corrected chi connectivity index (χ0v) is 10.7. The van der Waals surface area contributed by atoms with Crippen molar-refractivity contribution >= 4 is 0 Å². The van der Waals surface area contributed by atoms with Gasteiger partial charge in [-0.15, -0.1) is 0 Å². The largest absolute Gasteiger partial charge is 0.361 e. The zero-order chi connectivity index (χ0) is 12.1. The third kappa shape index (κ3) is 3.41. The fraction of sp³-hybridized carbons (Fsp3) is 0.923. The topological polar surface area (TPSA) is 48.3 Å². The molecule has 0 aromatic rings. The van der Waals surface area contributed by atoms with Gasteiger partial charge in [0.15, 0.2) is 6.10 Å². The van der Waals surface area contributed by atoms with Crippen LogP contribution in [0.4, 0.5) is 0 Å². The molecule has 4 heteroatoms. The predicted molar refractivity (Wildman–Crippen MR) is 66.6 cm³/mol. The molecule has 1 atom stereocenters. The molecule has 0 radical (unpaired) electrons. The number of hydrogen-bond acceptors (Lipinski definition) is 4. The molecule has 1 aliphatic heterocycles. The van der Waals surface area contributed by atoms with Crippen molar-refractivity contribution in [1.29, 1.82) is 5.26 Å². The summed E-state index contributed by atoms with van der Waals surface area (Å²) in [6, 6.07) is 3.61. The van der Waals surface area contributed by atoms with Crippen LogP contribution in [0.15, 0.2) is 0 Å². The van der Waals surface area contributed by atoms with Gasteiger partial charge in [-0.3, -0.25) is 4.90 Å². The summed E-state index contributed by atoms with van der Waals surface area (Å²) in [5.41, 5.74) is 0. The van der Waals surface area contributed by atoms with E-state index in [4.69, 9.17) is 10.00 Å². The van der Waals surface area contributed by atoms with Crippen LogP contribution in [0.2, 0.25) is 0 Å². The Balaban J connectivity index is 1.78. The minimum absolute atomic E-state index is 0.213. The van der Waals surface area contributed by atoms with E-state index in [1.54, 1.807) is 0 Å². The van der Waals surface area contributed by atoms with Crippen LogP contribution < -0.4 is 5.32 Å². The van der Waals surface area contributed by atoms with Crippen molar-refractivity contribution < 1.29 is 4.74 Å². The molecular weight excluding hydrogens is 214 g/mol. The first-order valence-electron chi connectivity index (χ1n) is 6.82. The molecular formula is C13H23N3O. The zero-order valence-electron chi connectivity index (χ0n) is 10.7. The summed E-state index contributed by atoms with van der Waals surface area (Å²) in [5.74, 6) is 0. The number of ether oxygens (including phenoxy) is 1. The highest BCUT2D eigenvalue weighted by Gasteiger charge is 2.29. The van der Waals surface area contributed by atoms with Crippen LogP contribution in [0.1, 0.15) is 32.6 Å². The SMILES string of the molecule is CCNC1CCC(N2CCOC(C#N)C2)CC1. The van der Waals surface area contributed by atoms with Gasteiger partial charge in [0, 0.05) is 25.2 Å². The quantitative estimate of drug-likeness (QED) is 0.799. The first-order valence-corrected chi connectivity index (χ1v) is 6.82. The molecule has 1 heterocycles. The highest BCUT2D eigenvalue weighted by atomic mass is 16.5. The Labute approximate surface area is 104 Å². The van der Waals surface area contributed by atoms with Gasteiger partial charge >= 0.3 is 0 Å². The highest BCUT2D eigenvalue weighted by Crippen LogP contribution is 2.24. The first kappa shape index (κ1) is 12.8. The Bertz CT molecular complexity index is 268. The smallest absolute Gasteiger partial charge is 0.156 e. The van der Waals surface area contributed by atoms with Crippen LogP contribution in [0.3, 0.4) is 0 Å². The maximum atomic E-state index is 8.91. The minimum Gasteiger partial charge on any atom is -0.361 e. The van der Waals surface area contributed by atoms with Crippen molar-refractivity contribution in [2.75, 3.05) is 26.2 Å². The van der Waals surface area contributed by atoms with Crippen LogP contribution in [0.25, 0.3) is 0 Å². The molecule has 1 unspecified atom stereocenters. The summed E-state index contributed by atoms with van der Waals surface area (Å²) in [6.45, 7) is 5.75. The van der Waals surface area contributed by atoms with Crippen LogP contribution in [-0.2, 0) is 4.74 Å². The lowest BCUT2D eigenvalue weighted by molar-refractivity contribution is -0.0244. The van der Waals surface area contributed by atoms with Crippen LogP contribution in [0.5, 0.6) is 0 Å². The third-order valence-electron chi connectivity index (χ3n) is 3.95. The molecule has 0 amide bonds. The molecule has 0 spiro atoms. The van der Waals surface area contributed by atoms with E-state index in [9.17, 15) is 0 Å². The minimum atomic E-state index is -0.213. The molecule has 1 saturated heterocycles. The van der Waals surface area contributed by atoms with Crippen LogP contribution >= 0.6 is 0 Å². The first-order chi connectivity index (χ1) is 8.33. The average molecular weight is 237 g/mol. The van der Waals surface area contributed by atoms with Gasteiger partial charge in [0.25, 0.3) is 0 Å². The molecule has 1 aliphatic carbocycles. The van der Waals surface area contributed by atoms with Crippen molar-refractivity contribution in [3.8, 4) is 6.07 Å². The molecule has 2 fully saturated rings. The second-order valence-electron chi connectivity index (χ2n) is 5.05. The van der Waals surface area contributed by atoms with Crippen LogP contribution in [0, 0.1) is 11.3 Å². The van der Waals surface area contributed by atoms with E-state index in [1.807, 2.05) is 0 Å². The van der Waals surface area contributed by atoms with Gasteiger partial charge in [0.1, 0.15) is 0 Å². The fourth-order valence-electron chi connectivity index (χ4n) is 3.01. The molecule has 4 nitrogen and oxygen atoms in total. The van der Waals surface area contributed by atoms with Crippen molar-refractivity contribution in [2.24, 2.45) is 0 Å². The number of hydrogen-bond donors (Lipinski definition) is 1. The lowest BCUT2D eigenvalue weighted by atomic mass is 9.90. The molecule has 1 saturated carbocycles. The van der Waals surface area contributed by atoms with Crippen LogP contribution in [-0.4, -0.2) is 49.3 Å². The lowest BCUT2D eigenvalue weighted by Gasteiger charge is -2.40. The Morgan fingerprint density at radius 1 is 1.35 bits per heavy atom. The summed E-state index contributed by atoms with van der Waals surface area (Å²) in [4.78, 5) is 2.46. The average Bonchev–Trinajstić information content (AvgIpc) is 2.40. The maximum Gasteiger partial charge on any atom is 0.156 e. The van der Waals surface area contributed by atoms with Gasteiger partial charge in [-0.2, -0.15) is 5.26 Å². The summed E-state index contributed by atoms with van der Waals surface area (Å²) >= 11 is 0. The Morgan fingerprint density at radius 3 is 2.76 bits per heavy atom. The van der Waals surface area contributed by atoms with Gasteiger partial charge in [-0.25, -0.2) is 0 Å². The Hall–Kier alpha value is -0.630. The Morgan fingerprint density at radius 2 is 2.12 bits per heavy atom. The van der Waals surface area contributed by atoms with Gasteiger partial charge < -0.3 is 10.1 Å². The Kier molecular flexibility index (Phi) is 4.78. The molecule has 0 bridgehead atoms. The molecule has 17 heavy (non-hydrogen) atoms. The summed E-state index contributed by atoms with van der Waals surface area (Å²) < 4.78 is 5.39. The summed E-state index contributed by atoms with van der Waals surface area (Å²) in [7, 11) is 0. The molecule has 0 aromatic carbocycles. The summed E-state index contributed by atoms with van der Waals surface area (Å²) in [5, 5.41) is 12.4. The second-order valence-corrected chi connectivity index (χ2v) is 5.05. The van der Waals surface area contributed by atoms with Crippen molar-refractivity contribution in [1.82, 2.24) is 10.2 Å². The molecule has 0 aromatic heterocycles. The van der Waals surface area contributed by atoms with E-state index >= 15 is 0 Å². The van der Waals surface area contributed by atoms with E-state index in [0.29, 0.717) is 18.7 Å². The number of nitrogens with one attached hydrogen (secondary N) is 1. The van der Waals surface area contributed by atoms with Gasteiger partial charge in [0.05, 0.1) is 12.7 Å². The van der Waals surface area contributed by atoms with Crippen molar-refractivity contribution in [3.05, 3.63) is 0 Å². The van der Waals surface area contributed by atoms with E-state index in [2.05, 4.69) is 23.2 Å². The van der Waals surface area contributed by atoms with Crippen molar-refractivity contribution in [3.63, 3.8) is 0 Å². The lowest BCUT2D eigenvalue weighted by Crippen LogP contribution is -2.49. The monoisotopic (exact) mass is 237 g/mol. The van der Waals surface area contributed by atoms with Gasteiger partial charge in [-0.1, -0.05) is 6.92 Å². The second kappa shape index (κ2) is 6.34. The number of rotatable bonds is 3. The van der Waals surface area contributed by atoms with Gasteiger partial charge in [0.2, 0.25) is 0 Å². The molecule has 2 aliphatic rings.